The van der Waals surface area contributed by atoms with Gasteiger partial charge in [0.1, 0.15) is 17.6 Å². The van der Waals surface area contributed by atoms with Gasteiger partial charge in [-0.3, -0.25) is 0 Å². The Morgan fingerprint density at radius 3 is 2.58 bits per heavy atom. The molecule has 2 fully saturated rings. The quantitative estimate of drug-likeness (QED) is 0.759. The van der Waals surface area contributed by atoms with Crippen molar-refractivity contribution in [2.75, 3.05) is 7.11 Å². The van der Waals surface area contributed by atoms with E-state index in [1.807, 2.05) is 24.3 Å². The SMILES string of the molecule is COc1cccc(OC2CC(Br)C23CCCCC3)c1. The number of ether oxygens (including phenoxy) is 2. The van der Waals surface area contributed by atoms with Gasteiger partial charge in [-0.15, -0.1) is 0 Å². The third-order valence-corrected chi connectivity index (χ3v) is 6.08. The Morgan fingerprint density at radius 2 is 1.89 bits per heavy atom. The van der Waals surface area contributed by atoms with E-state index in [4.69, 9.17) is 9.47 Å². The summed E-state index contributed by atoms with van der Waals surface area (Å²) in [7, 11) is 1.69. The molecule has 0 aromatic heterocycles. The van der Waals surface area contributed by atoms with Crippen LogP contribution < -0.4 is 9.47 Å². The van der Waals surface area contributed by atoms with Gasteiger partial charge in [0.2, 0.25) is 0 Å². The van der Waals surface area contributed by atoms with Crippen molar-refractivity contribution >= 4 is 15.9 Å². The maximum absolute atomic E-state index is 6.25. The molecule has 0 N–H and O–H groups in total. The molecule has 3 rings (SSSR count). The van der Waals surface area contributed by atoms with Gasteiger partial charge >= 0.3 is 0 Å². The monoisotopic (exact) mass is 324 g/mol. The lowest BCUT2D eigenvalue weighted by Crippen LogP contribution is -2.57. The van der Waals surface area contributed by atoms with E-state index in [9.17, 15) is 0 Å². The van der Waals surface area contributed by atoms with Gasteiger partial charge in [-0.2, -0.15) is 0 Å². The average Bonchev–Trinajstić information content (AvgIpc) is 2.48. The second kappa shape index (κ2) is 5.35. The summed E-state index contributed by atoms with van der Waals surface area (Å²) in [4.78, 5) is 0.635. The summed E-state index contributed by atoms with van der Waals surface area (Å²) in [5.74, 6) is 1.80. The topological polar surface area (TPSA) is 18.5 Å². The van der Waals surface area contributed by atoms with E-state index in [2.05, 4.69) is 15.9 Å². The normalized spacial score (nSPS) is 28.7. The van der Waals surface area contributed by atoms with Crippen LogP contribution in [-0.2, 0) is 0 Å². The van der Waals surface area contributed by atoms with E-state index < -0.39 is 0 Å². The summed E-state index contributed by atoms with van der Waals surface area (Å²) in [5, 5.41) is 0. The molecule has 0 heterocycles. The summed E-state index contributed by atoms with van der Waals surface area (Å²) in [6, 6.07) is 7.96. The van der Waals surface area contributed by atoms with Crippen molar-refractivity contribution in [1.29, 1.82) is 0 Å². The van der Waals surface area contributed by atoms with Crippen LogP contribution in [0.5, 0.6) is 11.5 Å². The Kier molecular flexibility index (Phi) is 3.75. The zero-order chi connectivity index (χ0) is 13.3. The minimum absolute atomic E-state index is 0.365. The van der Waals surface area contributed by atoms with Crippen LogP contribution >= 0.6 is 15.9 Å². The van der Waals surface area contributed by atoms with E-state index in [0.29, 0.717) is 16.3 Å². The van der Waals surface area contributed by atoms with Crippen LogP contribution in [-0.4, -0.2) is 18.0 Å². The molecule has 2 aliphatic carbocycles. The fraction of sp³-hybridized carbons (Fsp3) is 0.625. The molecule has 1 aromatic carbocycles. The van der Waals surface area contributed by atoms with E-state index in [1.54, 1.807) is 7.11 Å². The van der Waals surface area contributed by atoms with Crippen molar-refractivity contribution in [1.82, 2.24) is 0 Å². The summed E-state index contributed by atoms with van der Waals surface area (Å²) in [6.45, 7) is 0. The minimum Gasteiger partial charge on any atom is -0.497 e. The second-order valence-corrected chi connectivity index (χ2v) is 6.89. The fourth-order valence-corrected chi connectivity index (χ4v) is 4.64. The van der Waals surface area contributed by atoms with Crippen molar-refractivity contribution in [3.8, 4) is 11.5 Å². The molecule has 1 spiro atoms. The van der Waals surface area contributed by atoms with Crippen molar-refractivity contribution in [3.63, 3.8) is 0 Å². The molecule has 0 aliphatic heterocycles. The molecule has 2 aliphatic rings. The number of benzene rings is 1. The molecule has 2 nitrogen and oxygen atoms in total. The number of alkyl halides is 1. The lowest BCUT2D eigenvalue weighted by Gasteiger charge is -2.55. The Hall–Kier alpha value is -0.700. The van der Waals surface area contributed by atoms with Gasteiger partial charge in [0.25, 0.3) is 0 Å². The minimum atomic E-state index is 0.365. The highest BCUT2D eigenvalue weighted by atomic mass is 79.9. The molecule has 0 saturated heterocycles. The first-order valence-electron chi connectivity index (χ1n) is 7.19. The zero-order valence-corrected chi connectivity index (χ0v) is 13.0. The van der Waals surface area contributed by atoms with E-state index in [-0.39, 0.29) is 0 Å². The number of hydrogen-bond donors (Lipinski definition) is 0. The molecule has 0 bridgehead atoms. The molecule has 3 heteroatoms. The molecule has 2 unspecified atom stereocenters. The highest BCUT2D eigenvalue weighted by molar-refractivity contribution is 9.09. The third kappa shape index (κ3) is 2.37. The van der Waals surface area contributed by atoms with Crippen molar-refractivity contribution in [3.05, 3.63) is 24.3 Å². The van der Waals surface area contributed by atoms with Gasteiger partial charge in [0.15, 0.2) is 0 Å². The highest BCUT2D eigenvalue weighted by Crippen LogP contribution is 2.56. The Labute approximate surface area is 123 Å². The number of methoxy groups -OCH3 is 1. The summed E-state index contributed by atoms with van der Waals surface area (Å²) in [5.41, 5.74) is 0.376. The smallest absolute Gasteiger partial charge is 0.123 e. The first kappa shape index (κ1) is 13.3. The average molecular weight is 325 g/mol. The molecule has 0 radical (unpaired) electrons. The molecule has 104 valence electrons. The second-order valence-electron chi connectivity index (χ2n) is 5.78. The first-order valence-corrected chi connectivity index (χ1v) is 8.11. The standard InChI is InChI=1S/C16H21BrO2/c1-18-12-6-5-7-13(10-12)19-15-11-14(17)16(15)8-3-2-4-9-16/h5-7,10,14-15H,2-4,8-9,11H2,1H3. The van der Waals surface area contributed by atoms with Gasteiger partial charge in [0.05, 0.1) is 7.11 Å². The van der Waals surface area contributed by atoms with E-state index in [0.717, 1.165) is 17.9 Å². The summed E-state index contributed by atoms with van der Waals surface area (Å²) in [6.07, 6.45) is 8.17. The van der Waals surface area contributed by atoms with Crippen LogP contribution in [0, 0.1) is 5.41 Å². The molecule has 2 atom stereocenters. The van der Waals surface area contributed by atoms with Gasteiger partial charge < -0.3 is 9.47 Å². The predicted octanol–water partition coefficient (Wildman–Crippen LogP) is 4.56. The Balaban J connectivity index is 1.72. The van der Waals surface area contributed by atoms with Crippen LogP contribution in [0.2, 0.25) is 0 Å². The first-order chi connectivity index (χ1) is 9.24. The maximum Gasteiger partial charge on any atom is 0.123 e. The van der Waals surface area contributed by atoms with Crippen LogP contribution in [0.4, 0.5) is 0 Å². The fourth-order valence-electron chi connectivity index (χ4n) is 3.55. The van der Waals surface area contributed by atoms with Crippen molar-refractivity contribution in [2.24, 2.45) is 5.41 Å². The van der Waals surface area contributed by atoms with E-state index >= 15 is 0 Å². The lowest BCUT2D eigenvalue weighted by atomic mass is 9.58. The van der Waals surface area contributed by atoms with Crippen LogP contribution in [0.25, 0.3) is 0 Å². The largest absolute Gasteiger partial charge is 0.497 e. The Bertz CT molecular complexity index is 440. The van der Waals surface area contributed by atoms with E-state index in [1.165, 1.54) is 32.1 Å². The van der Waals surface area contributed by atoms with Crippen molar-refractivity contribution in [2.45, 2.75) is 49.5 Å². The number of rotatable bonds is 3. The Morgan fingerprint density at radius 1 is 1.16 bits per heavy atom. The summed E-state index contributed by atoms with van der Waals surface area (Å²) < 4.78 is 11.5. The van der Waals surface area contributed by atoms with Crippen LogP contribution in [0.1, 0.15) is 38.5 Å². The summed E-state index contributed by atoms with van der Waals surface area (Å²) >= 11 is 3.86. The maximum atomic E-state index is 6.25. The predicted molar refractivity (Wildman–Crippen MR) is 80.3 cm³/mol. The molecular formula is C16H21BrO2. The molecule has 2 saturated carbocycles. The van der Waals surface area contributed by atoms with Gasteiger partial charge in [-0.25, -0.2) is 0 Å². The molecular weight excluding hydrogens is 304 g/mol. The van der Waals surface area contributed by atoms with Crippen molar-refractivity contribution < 1.29 is 9.47 Å². The third-order valence-electron chi connectivity index (χ3n) is 4.79. The number of hydrogen-bond acceptors (Lipinski definition) is 2. The zero-order valence-electron chi connectivity index (χ0n) is 11.4. The molecule has 1 aromatic rings. The van der Waals surface area contributed by atoms with Gasteiger partial charge in [-0.05, 0) is 31.4 Å². The van der Waals surface area contributed by atoms with Gasteiger partial charge in [0, 0.05) is 16.3 Å². The highest BCUT2D eigenvalue weighted by Gasteiger charge is 2.55. The van der Waals surface area contributed by atoms with Crippen LogP contribution in [0.15, 0.2) is 24.3 Å². The lowest BCUT2D eigenvalue weighted by molar-refractivity contribution is -0.0601. The molecule has 0 amide bonds. The van der Waals surface area contributed by atoms with Gasteiger partial charge in [-0.1, -0.05) is 41.3 Å². The van der Waals surface area contributed by atoms with Crippen LogP contribution in [0.3, 0.4) is 0 Å². The molecule has 19 heavy (non-hydrogen) atoms. The number of halogens is 1.